The molecule has 0 saturated carbocycles. The van der Waals surface area contributed by atoms with Crippen molar-refractivity contribution < 1.29 is 18.7 Å². The van der Waals surface area contributed by atoms with E-state index in [2.05, 4.69) is 15.5 Å². The summed E-state index contributed by atoms with van der Waals surface area (Å²) in [4.78, 5) is 12.3. The molecule has 0 spiro atoms. The Bertz CT molecular complexity index is 1250. The standard InChI is InChI=1S/C22H22FN5O3/c1-4-28-17(11-19(26-28)18-7-5-15(23)10-21(18)30-3)13-31-22(29)25-16-6-8-20-14(9-16)12-24-27(20)2/h5-12H,4,13H2,1-3H3,(H,25,29). The maximum absolute atomic E-state index is 13.5. The highest BCUT2D eigenvalue weighted by Gasteiger charge is 2.15. The van der Waals surface area contributed by atoms with E-state index >= 15 is 0 Å². The van der Waals surface area contributed by atoms with Crippen LogP contribution < -0.4 is 10.1 Å². The fourth-order valence-corrected chi connectivity index (χ4v) is 3.39. The molecule has 1 amide bonds. The van der Waals surface area contributed by atoms with Crippen LogP contribution >= 0.6 is 0 Å². The molecule has 0 unspecified atom stereocenters. The number of aromatic nitrogens is 4. The molecule has 8 nitrogen and oxygen atoms in total. The molecular weight excluding hydrogens is 401 g/mol. The second-order valence-electron chi connectivity index (χ2n) is 6.92. The van der Waals surface area contributed by atoms with Gasteiger partial charge in [0.15, 0.2) is 0 Å². The highest BCUT2D eigenvalue weighted by Crippen LogP contribution is 2.30. The van der Waals surface area contributed by atoms with Crippen molar-refractivity contribution in [2.45, 2.75) is 20.1 Å². The Morgan fingerprint density at radius 2 is 2.03 bits per heavy atom. The topological polar surface area (TPSA) is 83.2 Å². The molecule has 0 fully saturated rings. The first-order valence-corrected chi connectivity index (χ1v) is 9.74. The van der Waals surface area contributed by atoms with Gasteiger partial charge in [-0.25, -0.2) is 9.18 Å². The number of hydrogen-bond acceptors (Lipinski definition) is 5. The molecule has 2 aromatic carbocycles. The Morgan fingerprint density at radius 3 is 2.81 bits per heavy atom. The predicted octanol–water partition coefficient (Wildman–Crippen LogP) is 4.35. The van der Waals surface area contributed by atoms with Crippen LogP contribution in [0, 0.1) is 5.82 Å². The number of methoxy groups -OCH3 is 1. The number of nitrogens with zero attached hydrogens (tertiary/aromatic N) is 4. The number of carbonyl (C=O) groups is 1. The van der Waals surface area contributed by atoms with Crippen molar-refractivity contribution in [1.82, 2.24) is 19.6 Å². The van der Waals surface area contributed by atoms with E-state index in [0.29, 0.717) is 34.9 Å². The lowest BCUT2D eigenvalue weighted by molar-refractivity contribution is 0.151. The van der Waals surface area contributed by atoms with Crippen LogP contribution in [0.5, 0.6) is 5.75 Å². The highest BCUT2D eigenvalue weighted by atomic mass is 19.1. The molecule has 0 aliphatic rings. The largest absolute Gasteiger partial charge is 0.496 e. The van der Waals surface area contributed by atoms with E-state index in [0.717, 1.165) is 10.9 Å². The first-order chi connectivity index (χ1) is 15.0. The van der Waals surface area contributed by atoms with Crippen molar-refractivity contribution in [3.05, 3.63) is 60.2 Å². The number of benzene rings is 2. The molecule has 0 atom stereocenters. The number of ether oxygens (including phenoxy) is 2. The third-order valence-corrected chi connectivity index (χ3v) is 4.95. The summed E-state index contributed by atoms with van der Waals surface area (Å²) >= 11 is 0. The molecule has 1 N–H and O–H groups in total. The van der Waals surface area contributed by atoms with E-state index in [1.807, 2.05) is 26.1 Å². The smallest absolute Gasteiger partial charge is 0.412 e. The molecule has 2 heterocycles. The van der Waals surface area contributed by atoms with Crippen LogP contribution in [0.1, 0.15) is 12.6 Å². The lowest BCUT2D eigenvalue weighted by atomic mass is 10.1. The molecular formula is C22H22FN5O3. The molecule has 4 rings (SSSR count). The fourth-order valence-electron chi connectivity index (χ4n) is 3.39. The molecule has 0 aliphatic carbocycles. The van der Waals surface area contributed by atoms with Gasteiger partial charge in [0, 0.05) is 36.3 Å². The number of hydrogen-bond donors (Lipinski definition) is 1. The molecule has 0 saturated heterocycles. The quantitative estimate of drug-likeness (QED) is 0.498. The third-order valence-electron chi connectivity index (χ3n) is 4.95. The van der Waals surface area contributed by atoms with Crippen molar-refractivity contribution in [1.29, 1.82) is 0 Å². The molecule has 0 bridgehead atoms. The third kappa shape index (κ3) is 4.20. The zero-order valence-electron chi connectivity index (χ0n) is 17.4. The van der Waals surface area contributed by atoms with Crippen LogP contribution in [-0.4, -0.2) is 32.8 Å². The monoisotopic (exact) mass is 423 g/mol. The van der Waals surface area contributed by atoms with Crippen LogP contribution in [0.4, 0.5) is 14.9 Å². The minimum absolute atomic E-state index is 0.0331. The van der Waals surface area contributed by atoms with E-state index in [1.165, 1.54) is 19.2 Å². The maximum atomic E-state index is 13.5. The first kappa shape index (κ1) is 20.4. The summed E-state index contributed by atoms with van der Waals surface area (Å²) in [7, 11) is 3.34. The summed E-state index contributed by atoms with van der Waals surface area (Å²) in [6.07, 6.45) is 1.16. The molecule has 160 valence electrons. The minimum Gasteiger partial charge on any atom is -0.496 e. The van der Waals surface area contributed by atoms with Crippen LogP contribution in [0.25, 0.3) is 22.2 Å². The number of halogens is 1. The Kier molecular flexibility index (Phi) is 5.57. The zero-order chi connectivity index (χ0) is 22.0. The predicted molar refractivity (Wildman–Crippen MR) is 114 cm³/mol. The first-order valence-electron chi connectivity index (χ1n) is 9.74. The zero-order valence-corrected chi connectivity index (χ0v) is 17.4. The number of anilines is 1. The molecule has 4 aromatic rings. The summed E-state index contributed by atoms with van der Waals surface area (Å²) in [5.41, 5.74) is 3.56. The number of fused-ring (bicyclic) bond motifs is 1. The van der Waals surface area contributed by atoms with Crippen LogP contribution in [-0.2, 0) is 24.9 Å². The average Bonchev–Trinajstić information content (AvgIpc) is 3.35. The van der Waals surface area contributed by atoms with Crippen LogP contribution in [0.2, 0.25) is 0 Å². The van der Waals surface area contributed by atoms with E-state index in [-0.39, 0.29) is 12.4 Å². The number of carbonyl (C=O) groups excluding carboxylic acids is 1. The van der Waals surface area contributed by atoms with Crippen LogP contribution in [0.3, 0.4) is 0 Å². The highest BCUT2D eigenvalue weighted by molar-refractivity contribution is 5.89. The summed E-state index contributed by atoms with van der Waals surface area (Å²) in [6.45, 7) is 2.55. The fraction of sp³-hybridized carbons (Fsp3) is 0.227. The van der Waals surface area contributed by atoms with Crippen molar-refractivity contribution in [2.75, 3.05) is 12.4 Å². The van der Waals surface area contributed by atoms with Gasteiger partial charge in [0.1, 0.15) is 18.2 Å². The normalized spacial score (nSPS) is 11.0. The van der Waals surface area contributed by atoms with Gasteiger partial charge in [-0.05, 0) is 43.3 Å². The van der Waals surface area contributed by atoms with Crippen molar-refractivity contribution >= 4 is 22.7 Å². The van der Waals surface area contributed by atoms with Gasteiger partial charge in [-0.3, -0.25) is 14.7 Å². The Hall–Kier alpha value is -3.88. The summed E-state index contributed by atoms with van der Waals surface area (Å²) < 4.78 is 27.7. The van der Waals surface area contributed by atoms with E-state index in [4.69, 9.17) is 9.47 Å². The molecule has 0 aliphatic heterocycles. The van der Waals surface area contributed by atoms with Crippen LogP contribution in [0.15, 0.2) is 48.7 Å². The van der Waals surface area contributed by atoms with Gasteiger partial charge in [0.2, 0.25) is 0 Å². The van der Waals surface area contributed by atoms with Gasteiger partial charge >= 0.3 is 6.09 Å². The van der Waals surface area contributed by atoms with Crippen molar-refractivity contribution in [2.24, 2.45) is 7.05 Å². The van der Waals surface area contributed by atoms with Gasteiger partial charge in [-0.2, -0.15) is 10.2 Å². The van der Waals surface area contributed by atoms with Gasteiger partial charge in [-0.15, -0.1) is 0 Å². The summed E-state index contributed by atoms with van der Waals surface area (Å²) in [5.74, 6) is -0.00279. The number of amides is 1. The Balaban J connectivity index is 1.47. The number of aryl methyl sites for hydroxylation is 2. The average molecular weight is 423 g/mol. The summed E-state index contributed by atoms with van der Waals surface area (Å²) in [6, 6.07) is 11.6. The van der Waals surface area contributed by atoms with E-state index in [9.17, 15) is 9.18 Å². The van der Waals surface area contributed by atoms with E-state index < -0.39 is 6.09 Å². The molecule has 2 aromatic heterocycles. The number of rotatable bonds is 6. The van der Waals surface area contributed by atoms with E-state index in [1.54, 1.807) is 33.8 Å². The van der Waals surface area contributed by atoms with Crippen molar-refractivity contribution in [3.63, 3.8) is 0 Å². The van der Waals surface area contributed by atoms with Crippen molar-refractivity contribution in [3.8, 4) is 17.0 Å². The minimum atomic E-state index is -0.576. The molecule has 31 heavy (non-hydrogen) atoms. The van der Waals surface area contributed by atoms with Gasteiger partial charge in [-0.1, -0.05) is 0 Å². The SMILES string of the molecule is CCn1nc(-c2ccc(F)cc2OC)cc1COC(=O)Nc1ccc2c(cnn2C)c1. The molecule has 9 heteroatoms. The maximum Gasteiger partial charge on any atom is 0.412 e. The van der Waals surface area contributed by atoms with Gasteiger partial charge < -0.3 is 9.47 Å². The summed E-state index contributed by atoms with van der Waals surface area (Å²) in [5, 5.41) is 12.4. The van der Waals surface area contributed by atoms with Gasteiger partial charge in [0.05, 0.1) is 30.2 Å². The lowest BCUT2D eigenvalue weighted by Gasteiger charge is -2.08. The van der Waals surface area contributed by atoms with Gasteiger partial charge in [0.25, 0.3) is 0 Å². The molecule has 0 radical (unpaired) electrons. The Morgan fingerprint density at radius 1 is 1.19 bits per heavy atom. The lowest BCUT2D eigenvalue weighted by Crippen LogP contribution is -2.15. The number of nitrogens with one attached hydrogen (secondary N) is 1. The second-order valence-corrected chi connectivity index (χ2v) is 6.92. The second kappa shape index (κ2) is 8.47. The Labute approximate surface area is 178 Å².